The Kier molecular flexibility index (Phi) is 14.1. The number of fused-ring (bicyclic) bond motifs is 1. The molecule has 4 aromatic heterocycles. The van der Waals surface area contributed by atoms with Crippen molar-refractivity contribution < 1.29 is 69.2 Å². The molecule has 0 aromatic carbocycles. The predicted molar refractivity (Wildman–Crippen MR) is 154 cm³/mol. The number of carboxylic acids is 3. The van der Waals surface area contributed by atoms with Crippen LogP contribution in [-0.2, 0) is 20.9 Å². The Morgan fingerprint density at radius 2 is 1.35 bits per heavy atom. The molecule has 5 rings (SSSR count). The molecule has 11 nitrogen and oxygen atoms in total. The molecule has 3 N–H and O–H groups in total. The number of alkyl halides is 9. The number of imidazole rings is 1. The van der Waals surface area contributed by atoms with Crippen molar-refractivity contribution in [3.05, 3.63) is 77.0 Å². The number of hydrogen-bond acceptors (Lipinski definition) is 8. The Morgan fingerprint density at radius 1 is 0.816 bits per heavy atom. The summed E-state index contributed by atoms with van der Waals surface area (Å²) in [5.41, 5.74) is 4.43. The van der Waals surface area contributed by atoms with Gasteiger partial charge in [0.25, 0.3) is 0 Å². The highest BCUT2D eigenvalue weighted by Gasteiger charge is 2.39. The zero-order valence-corrected chi connectivity index (χ0v) is 25.7. The number of carboxylic acid groups (broad SMARTS) is 3. The van der Waals surface area contributed by atoms with Gasteiger partial charge in [-0.25, -0.2) is 19.4 Å². The summed E-state index contributed by atoms with van der Waals surface area (Å²) in [6, 6.07) is 15.1. The van der Waals surface area contributed by atoms with Crippen molar-refractivity contribution in [3.63, 3.8) is 0 Å². The van der Waals surface area contributed by atoms with Crippen LogP contribution < -0.4 is 0 Å². The van der Waals surface area contributed by atoms with Gasteiger partial charge in [0.05, 0.1) is 17.4 Å². The fourth-order valence-electron chi connectivity index (χ4n) is 3.96. The van der Waals surface area contributed by atoms with Gasteiger partial charge in [0, 0.05) is 55.2 Å². The van der Waals surface area contributed by atoms with Gasteiger partial charge in [0.2, 0.25) is 0 Å². The van der Waals surface area contributed by atoms with Gasteiger partial charge < -0.3 is 15.3 Å². The fraction of sp³-hybridized carbons (Fsp3) is 0.321. The van der Waals surface area contributed by atoms with E-state index in [1.165, 1.54) is 4.88 Å². The van der Waals surface area contributed by atoms with Gasteiger partial charge in [-0.2, -0.15) is 39.5 Å². The smallest absolute Gasteiger partial charge is 0.475 e. The van der Waals surface area contributed by atoms with E-state index >= 15 is 0 Å². The number of pyridine rings is 2. The van der Waals surface area contributed by atoms with E-state index in [-0.39, 0.29) is 0 Å². The summed E-state index contributed by atoms with van der Waals surface area (Å²) in [7, 11) is 2.21. The molecular formula is C28H26F9N5O6S. The maximum Gasteiger partial charge on any atom is 0.490 e. The standard InChI is InChI=1S/C22H23N5S.3C2HF3O2/c1-25-11-12-26(14-18-4-3-13-28-18)16-21(25)19-15-27-20(5-2-6-22(27)24-19)17-7-9-23-10-8-17;3*3-2(4,5)1(6)7/h2-10,13,15,21H,11-12,14,16H2,1H3;3*(H,6,7). The second-order valence-electron chi connectivity index (χ2n) is 9.76. The zero-order valence-electron chi connectivity index (χ0n) is 24.9. The molecule has 49 heavy (non-hydrogen) atoms. The van der Waals surface area contributed by atoms with Crippen molar-refractivity contribution in [3.8, 4) is 11.3 Å². The summed E-state index contributed by atoms with van der Waals surface area (Å²) in [6.07, 6.45) is -9.37. The number of nitrogens with zero attached hydrogens (tertiary/aromatic N) is 5. The van der Waals surface area contributed by atoms with Gasteiger partial charge in [-0.05, 0) is 42.8 Å². The Bertz CT molecular complexity index is 1610. The molecule has 0 aliphatic carbocycles. The number of hydrogen-bond donors (Lipinski definition) is 3. The quantitative estimate of drug-likeness (QED) is 0.219. The van der Waals surface area contributed by atoms with Gasteiger partial charge in [-0.1, -0.05) is 12.1 Å². The van der Waals surface area contributed by atoms with Gasteiger partial charge in [-0.15, -0.1) is 11.3 Å². The number of aliphatic carboxylic acids is 3. The van der Waals surface area contributed by atoms with Gasteiger partial charge >= 0.3 is 36.4 Å². The molecular weight excluding hydrogens is 705 g/mol. The third kappa shape index (κ3) is 13.0. The average Bonchev–Trinajstić information content (AvgIpc) is 3.68. The van der Waals surface area contributed by atoms with Crippen LogP contribution in [0.5, 0.6) is 0 Å². The van der Waals surface area contributed by atoms with Crippen LogP contribution in [0.2, 0.25) is 0 Å². The Hall–Kier alpha value is -4.76. The highest BCUT2D eigenvalue weighted by atomic mass is 32.1. The highest BCUT2D eigenvalue weighted by Crippen LogP contribution is 2.28. The van der Waals surface area contributed by atoms with E-state index in [2.05, 4.69) is 68.1 Å². The minimum atomic E-state index is -5.08. The SMILES string of the molecule is CN1CCN(Cc2cccs2)CC1c1cn2c(-c3ccncc3)cccc2n1.O=C(O)C(F)(F)F.O=C(O)C(F)(F)F.O=C(O)C(F)(F)F. The summed E-state index contributed by atoms with van der Waals surface area (Å²) in [6.45, 7) is 4.18. The van der Waals surface area contributed by atoms with Crippen LogP contribution >= 0.6 is 11.3 Å². The lowest BCUT2D eigenvalue weighted by atomic mass is 10.1. The van der Waals surface area contributed by atoms with Crippen LogP contribution in [0.4, 0.5) is 39.5 Å². The first-order chi connectivity index (χ1) is 22.6. The lowest BCUT2D eigenvalue weighted by molar-refractivity contribution is -0.193. The normalized spacial score (nSPS) is 15.5. The Labute approximate surface area is 274 Å². The maximum atomic E-state index is 10.6. The number of aromatic nitrogens is 3. The van der Waals surface area contributed by atoms with Crippen molar-refractivity contribution in [1.82, 2.24) is 24.2 Å². The molecule has 5 heterocycles. The van der Waals surface area contributed by atoms with Crippen LogP contribution in [0.1, 0.15) is 16.6 Å². The highest BCUT2D eigenvalue weighted by molar-refractivity contribution is 7.09. The maximum absolute atomic E-state index is 10.6. The number of likely N-dealkylation sites (N-methyl/N-ethyl adjacent to an activating group) is 1. The molecule has 0 bridgehead atoms. The van der Waals surface area contributed by atoms with Gasteiger partial charge in [-0.3, -0.25) is 19.2 Å². The molecule has 0 saturated carbocycles. The van der Waals surface area contributed by atoms with E-state index in [4.69, 9.17) is 34.7 Å². The van der Waals surface area contributed by atoms with Gasteiger partial charge in [0.1, 0.15) is 5.65 Å². The second kappa shape index (κ2) is 17.1. The number of carbonyl (C=O) groups is 3. The molecule has 1 saturated heterocycles. The van der Waals surface area contributed by atoms with E-state index < -0.39 is 36.4 Å². The van der Waals surface area contributed by atoms with Crippen molar-refractivity contribution >= 4 is 34.9 Å². The molecule has 0 spiro atoms. The first-order valence-corrected chi connectivity index (χ1v) is 14.2. The minimum absolute atomic E-state index is 0.305. The van der Waals surface area contributed by atoms with Crippen molar-refractivity contribution in [2.75, 3.05) is 26.7 Å². The molecule has 1 aliphatic heterocycles. The van der Waals surface area contributed by atoms with Crippen molar-refractivity contribution in [1.29, 1.82) is 0 Å². The zero-order chi connectivity index (χ0) is 37.2. The third-order valence-corrected chi connectivity index (χ3v) is 7.11. The molecule has 0 amide bonds. The number of rotatable bonds is 4. The molecule has 1 aliphatic rings. The lowest BCUT2D eigenvalue weighted by Gasteiger charge is -2.38. The van der Waals surface area contributed by atoms with E-state index in [1.807, 2.05) is 35.9 Å². The second-order valence-corrected chi connectivity index (χ2v) is 10.8. The Balaban J connectivity index is 0.000000325. The van der Waals surface area contributed by atoms with E-state index in [0.717, 1.165) is 48.8 Å². The largest absolute Gasteiger partial charge is 0.490 e. The van der Waals surface area contributed by atoms with E-state index in [9.17, 15) is 39.5 Å². The monoisotopic (exact) mass is 731 g/mol. The summed E-state index contributed by atoms with van der Waals surface area (Å²) in [5, 5.41) is 23.5. The molecule has 268 valence electrons. The molecule has 1 fully saturated rings. The molecule has 1 unspecified atom stereocenters. The van der Waals surface area contributed by atoms with Crippen LogP contribution in [0.3, 0.4) is 0 Å². The average molecular weight is 732 g/mol. The summed E-state index contributed by atoms with van der Waals surface area (Å²) < 4.78 is 97.4. The van der Waals surface area contributed by atoms with Crippen LogP contribution in [0.15, 0.2) is 66.4 Å². The minimum Gasteiger partial charge on any atom is -0.475 e. The number of halogens is 9. The Morgan fingerprint density at radius 3 is 1.82 bits per heavy atom. The molecule has 0 radical (unpaired) electrons. The fourth-order valence-corrected chi connectivity index (χ4v) is 4.71. The van der Waals surface area contributed by atoms with E-state index in [1.54, 1.807) is 0 Å². The summed E-state index contributed by atoms with van der Waals surface area (Å²) >= 11 is 1.84. The predicted octanol–water partition coefficient (Wildman–Crippen LogP) is 5.85. The molecule has 1 atom stereocenters. The summed E-state index contributed by atoms with van der Waals surface area (Å²) in [4.78, 5) is 42.2. The summed E-state index contributed by atoms with van der Waals surface area (Å²) in [5.74, 6) is -8.27. The first kappa shape index (κ1) is 40.4. The van der Waals surface area contributed by atoms with Crippen LogP contribution in [0.25, 0.3) is 16.9 Å². The number of thiophene rings is 1. The van der Waals surface area contributed by atoms with Crippen molar-refractivity contribution in [2.45, 2.75) is 31.1 Å². The molecule has 21 heteroatoms. The van der Waals surface area contributed by atoms with Crippen molar-refractivity contribution in [2.24, 2.45) is 0 Å². The van der Waals surface area contributed by atoms with Crippen LogP contribution in [0, 0.1) is 0 Å². The lowest BCUT2D eigenvalue weighted by Crippen LogP contribution is -2.46. The van der Waals surface area contributed by atoms with E-state index in [0.29, 0.717) is 6.04 Å². The number of piperazine rings is 1. The van der Waals surface area contributed by atoms with Crippen LogP contribution in [-0.4, -0.2) is 103 Å². The van der Waals surface area contributed by atoms with Gasteiger partial charge in [0.15, 0.2) is 0 Å². The topological polar surface area (TPSA) is 149 Å². The first-order valence-electron chi connectivity index (χ1n) is 13.3. The third-order valence-electron chi connectivity index (χ3n) is 6.25. The molecule has 4 aromatic rings.